The molecular formula is C18H31N5. The van der Waals surface area contributed by atoms with Gasteiger partial charge in [0, 0.05) is 38.9 Å². The third-order valence-corrected chi connectivity index (χ3v) is 4.24. The van der Waals surface area contributed by atoms with Crippen molar-refractivity contribution < 1.29 is 0 Å². The zero-order chi connectivity index (χ0) is 16.3. The Kier molecular flexibility index (Phi) is 7.70. The average molecular weight is 317 g/mol. The summed E-state index contributed by atoms with van der Waals surface area (Å²) in [5.74, 6) is 2.90. The van der Waals surface area contributed by atoms with Crippen LogP contribution >= 0.6 is 0 Å². The fourth-order valence-electron chi connectivity index (χ4n) is 2.75. The van der Waals surface area contributed by atoms with Crippen molar-refractivity contribution in [2.75, 3.05) is 38.0 Å². The molecule has 1 aromatic rings. The molecule has 2 rings (SSSR count). The van der Waals surface area contributed by atoms with Crippen LogP contribution in [0, 0.1) is 5.92 Å². The van der Waals surface area contributed by atoms with E-state index in [1.165, 1.54) is 12.8 Å². The van der Waals surface area contributed by atoms with E-state index in [4.69, 9.17) is 4.99 Å². The van der Waals surface area contributed by atoms with E-state index in [0.29, 0.717) is 0 Å². The molecule has 5 nitrogen and oxygen atoms in total. The summed E-state index contributed by atoms with van der Waals surface area (Å²) in [6.45, 7) is 9.52. The molecular weight excluding hydrogens is 286 g/mol. The van der Waals surface area contributed by atoms with Gasteiger partial charge in [0.2, 0.25) is 0 Å². The Balaban J connectivity index is 1.67. The summed E-state index contributed by atoms with van der Waals surface area (Å²) in [5, 5.41) is 6.77. The molecule has 0 atom stereocenters. The number of nitrogens with zero attached hydrogens (tertiary/aromatic N) is 3. The van der Waals surface area contributed by atoms with Crippen molar-refractivity contribution in [3.8, 4) is 0 Å². The van der Waals surface area contributed by atoms with Crippen LogP contribution in [0.25, 0.3) is 0 Å². The van der Waals surface area contributed by atoms with Gasteiger partial charge in [-0.25, -0.2) is 4.98 Å². The van der Waals surface area contributed by atoms with Crippen molar-refractivity contribution in [3.05, 3.63) is 24.4 Å². The van der Waals surface area contributed by atoms with E-state index in [2.05, 4.69) is 34.4 Å². The Hall–Kier alpha value is -1.78. The number of rotatable bonds is 7. The molecule has 0 aromatic carbocycles. The van der Waals surface area contributed by atoms with Gasteiger partial charge in [0.25, 0.3) is 0 Å². The van der Waals surface area contributed by atoms with Gasteiger partial charge in [-0.05, 0) is 50.7 Å². The molecule has 5 heteroatoms. The van der Waals surface area contributed by atoms with Crippen LogP contribution in [0.4, 0.5) is 5.82 Å². The Morgan fingerprint density at radius 1 is 1.30 bits per heavy atom. The zero-order valence-electron chi connectivity index (χ0n) is 14.6. The number of hydrogen-bond acceptors (Lipinski definition) is 3. The van der Waals surface area contributed by atoms with Crippen molar-refractivity contribution in [2.45, 2.75) is 39.5 Å². The molecule has 23 heavy (non-hydrogen) atoms. The van der Waals surface area contributed by atoms with Crippen LogP contribution in [0.1, 0.15) is 39.5 Å². The van der Waals surface area contributed by atoms with Crippen molar-refractivity contribution in [1.29, 1.82) is 0 Å². The molecule has 1 saturated heterocycles. The van der Waals surface area contributed by atoms with Crippen LogP contribution in [0.3, 0.4) is 0 Å². The Morgan fingerprint density at radius 2 is 2.13 bits per heavy atom. The normalized spacial score (nSPS) is 16.4. The molecule has 1 aromatic heterocycles. The van der Waals surface area contributed by atoms with Gasteiger partial charge >= 0.3 is 0 Å². The van der Waals surface area contributed by atoms with Gasteiger partial charge < -0.3 is 15.5 Å². The minimum Gasteiger partial charge on any atom is -0.370 e. The van der Waals surface area contributed by atoms with Gasteiger partial charge in [0.1, 0.15) is 5.82 Å². The first-order valence-electron chi connectivity index (χ1n) is 8.97. The maximum atomic E-state index is 4.79. The maximum Gasteiger partial charge on any atom is 0.193 e. The number of aliphatic imine (C=N–C) groups is 1. The fourth-order valence-corrected chi connectivity index (χ4v) is 2.75. The summed E-state index contributed by atoms with van der Waals surface area (Å²) >= 11 is 0. The monoisotopic (exact) mass is 317 g/mol. The molecule has 0 saturated carbocycles. The van der Waals surface area contributed by atoms with Crippen molar-refractivity contribution in [3.63, 3.8) is 0 Å². The lowest BCUT2D eigenvalue weighted by molar-refractivity contribution is 0.273. The number of piperidine rings is 1. The SMILES string of the molecule is CCNC(=NCCCCNc1ccccn1)N1CCC(C)CC1. The topological polar surface area (TPSA) is 52.6 Å². The lowest BCUT2D eigenvalue weighted by atomic mass is 10.00. The van der Waals surface area contributed by atoms with E-state index < -0.39 is 0 Å². The van der Waals surface area contributed by atoms with Crippen molar-refractivity contribution in [2.24, 2.45) is 10.9 Å². The van der Waals surface area contributed by atoms with Crippen LogP contribution in [-0.2, 0) is 0 Å². The summed E-state index contributed by atoms with van der Waals surface area (Å²) < 4.78 is 0. The first-order valence-corrected chi connectivity index (χ1v) is 8.97. The predicted octanol–water partition coefficient (Wildman–Crippen LogP) is 2.97. The number of likely N-dealkylation sites (tertiary alicyclic amines) is 1. The Labute approximate surface area is 140 Å². The molecule has 2 N–H and O–H groups in total. The highest BCUT2D eigenvalue weighted by molar-refractivity contribution is 5.80. The van der Waals surface area contributed by atoms with Gasteiger partial charge in [0.15, 0.2) is 5.96 Å². The number of nitrogens with one attached hydrogen (secondary N) is 2. The van der Waals surface area contributed by atoms with Gasteiger partial charge in [-0.2, -0.15) is 0 Å². The van der Waals surface area contributed by atoms with Crippen molar-refractivity contribution >= 4 is 11.8 Å². The molecule has 2 heterocycles. The van der Waals surface area contributed by atoms with E-state index in [9.17, 15) is 0 Å². The van der Waals surface area contributed by atoms with E-state index in [-0.39, 0.29) is 0 Å². The standard InChI is InChI=1S/C18H31N5/c1-3-19-18(23-14-9-16(2)10-15-23)22-13-7-6-12-21-17-8-4-5-11-20-17/h4-5,8,11,16H,3,6-7,9-10,12-15H2,1-2H3,(H,19,22)(H,20,21). The first-order chi connectivity index (χ1) is 11.3. The number of aromatic nitrogens is 1. The number of pyridine rings is 1. The Bertz CT molecular complexity index is 452. The number of hydrogen-bond donors (Lipinski definition) is 2. The lowest BCUT2D eigenvalue weighted by Gasteiger charge is -2.33. The van der Waals surface area contributed by atoms with Gasteiger partial charge in [-0.15, -0.1) is 0 Å². The molecule has 1 aliphatic heterocycles. The smallest absolute Gasteiger partial charge is 0.193 e. The van der Waals surface area contributed by atoms with E-state index in [0.717, 1.165) is 63.3 Å². The second kappa shape index (κ2) is 10.1. The van der Waals surface area contributed by atoms with Gasteiger partial charge in [0.05, 0.1) is 0 Å². The highest BCUT2D eigenvalue weighted by Gasteiger charge is 2.18. The predicted molar refractivity (Wildman–Crippen MR) is 97.9 cm³/mol. The lowest BCUT2D eigenvalue weighted by Crippen LogP contribution is -2.45. The number of anilines is 1. The number of unbranched alkanes of at least 4 members (excludes halogenated alkanes) is 1. The highest BCUT2D eigenvalue weighted by Crippen LogP contribution is 2.15. The van der Waals surface area contributed by atoms with E-state index in [1.807, 2.05) is 24.4 Å². The molecule has 1 aliphatic rings. The summed E-state index contributed by atoms with van der Waals surface area (Å²) in [5.41, 5.74) is 0. The second-order valence-corrected chi connectivity index (χ2v) is 6.25. The van der Waals surface area contributed by atoms with Crippen LogP contribution in [0.5, 0.6) is 0 Å². The summed E-state index contributed by atoms with van der Waals surface area (Å²) in [4.78, 5) is 11.5. The quantitative estimate of drug-likeness (QED) is 0.461. The molecule has 0 aliphatic carbocycles. The molecule has 1 fully saturated rings. The third kappa shape index (κ3) is 6.47. The van der Waals surface area contributed by atoms with E-state index in [1.54, 1.807) is 0 Å². The molecule has 0 radical (unpaired) electrons. The summed E-state index contributed by atoms with van der Waals surface area (Å²) in [6, 6.07) is 5.93. The summed E-state index contributed by atoms with van der Waals surface area (Å²) in [7, 11) is 0. The van der Waals surface area contributed by atoms with Crippen LogP contribution < -0.4 is 10.6 Å². The molecule has 0 amide bonds. The molecule has 0 bridgehead atoms. The Morgan fingerprint density at radius 3 is 2.83 bits per heavy atom. The average Bonchev–Trinajstić information content (AvgIpc) is 2.59. The fraction of sp³-hybridized carbons (Fsp3) is 0.667. The largest absolute Gasteiger partial charge is 0.370 e. The van der Waals surface area contributed by atoms with Crippen molar-refractivity contribution in [1.82, 2.24) is 15.2 Å². The zero-order valence-corrected chi connectivity index (χ0v) is 14.6. The van der Waals surface area contributed by atoms with Crippen LogP contribution in [0.15, 0.2) is 29.4 Å². The first kappa shape index (κ1) is 17.6. The van der Waals surface area contributed by atoms with Crippen LogP contribution in [0.2, 0.25) is 0 Å². The maximum absolute atomic E-state index is 4.79. The molecule has 128 valence electrons. The van der Waals surface area contributed by atoms with E-state index >= 15 is 0 Å². The summed E-state index contributed by atoms with van der Waals surface area (Å²) in [6.07, 6.45) is 6.57. The van der Waals surface area contributed by atoms with Gasteiger partial charge in [-0.3, -0.25) is 4.99 Å². The van der Waals surface area contributed by atoms with Crippen LogP contribution in [-0.4, -0.2) is 48.6 Å². The number of guanidine groups is 1. The minimum absolute atomic E-state index is 0.854. The van der Waals surface area contributed by atoms with Gasteiger partial charge in [-0.1, -0.05) is 13.0 Å². The molecule has 0 spiro atoms. The highest BCUT2D eigenvalue weighted by atomic mass is 15.3. The second-order valence-electron chi connectivity index (χ2n) is 6.25. The minimum atomic E-state index is 0.854. The molecule has 0 unspecified atom stereocenters. The third-order valence-electron chi connectivity index (χ3n) is 4.24.